The van der Waals surface area contributed by atoms with Crippen LogP contribution >= 0.6 is 0 Å². The molecule has 1 aromatic rings. The van der Waals surface area contributed by atoms with Gasteiger partial charge in [0.15, 0.2) is 0 Å². The van der Waals surface area contributed by atoms with Crippen molar-refractivity contribution in [2.45, 2.75) is 45.1 Å². The van der Waals surface area contributed by atoms with Crippen molar-refractivity contribution >= 4 is 5.97 Å². The van der Waals surface area contributed by atoms with Gasteiger partial charge in [0.2, 0.25) is 0 Å². The zero-order valence-electron chi connectivity index (χ0n) is 13.9. The summed E-state index contributed by atoms with van der Waals surface area (Å²) in [5, 5.41) is 3.19. The average Bonchev–Trinajstić information content (AvgIpc) is 3.19. The first-order valence-electron chi connectivity index (χ1n) is 8.24. The van der Waals surface area contributed by atoms with Gasteiger partial charge in [0.25, 0.3) is 0 Å². The number of nitrogens with one attached hydrogen (secondary N) is 1. The van der Waals surface area contributed by atoms with E-state index in [4.69, 9.17) is 9.47 Å². The molecule has 1 N–H and O–H groups in total. The third kappa shape index (κ3) is 4.02. The number of hydrogen-bond acceptors (Lipinski definition) is 4. The molecule has 0 amide bonds. The highest BCUT2D eigenvalue weighted by Crippen LogP contribution is 2.45. The molecule has 1 aliphatic carbocycles. The number of hydrogen-bond donors (Lipinski definition) is 1. The van der Waals surface area contributed by atoms with Gasteiger partial charge in [-0.25, -0.2) is 9.18 Å². The summed E-state index contributed by atoms with van der Waals surface area (Å²) >= 11 is 0. The molecule has 2 fully saturated rings. The van der Waals surface area contributed by atoms with Gasteiger partial charge in [-0.2, -0.15) is 0 Å². The number of halogens is 1. The monoisotopic (exact) mass is 321 g/mol. The van der Waals surface area contributed by atoms with Crippen LogP contribution in [0.3, 0.4) is 0 Å². The summed E-state index contributed by atoms with van der Waals surface area (Å²) in [6, 6.07) is 2.97. The fourth-order valence-corrected chi connectivity index (χ4v) is 2.57. The van der Waals surface area contributed by atoms with Gasteiger partial charge >= 0.3 is 5.97 Å². The summed E-state index contributed by atoms with van der Waals surface area (Å²) in [5.41, 5.74) is 0.286. The quantitative estimate of drug-likeness (QED) is 0.846. The van der Waals surface area contributed by atoms with Crippen LogP contribution < -0.4 is 10.1 Å². The summed E-state index contributed by atoms with van der Waals surface area (Å²) in [5.74, 6) is 0.225. The van der Waals surface area contributed by atoms with Crippen molar-refractivity contribution < 1.29 is 18.7 Å². The molecule has 23 heavy (non-hydrogen) atoms. The van der Waals surface area contributed by atoms with Gasteiger partial charge in [0, 0.05) is 25.1 Å². The Labute approximate surface area is 136 Å². The second-order valence-electron chi connectivity index (χ2n) is 7.48. The number of carbonyl (C=O) groups is 1. The van der Waals surface area contributed by atoms with Crippen LogP contribution in [-0.4, -0.2) is 31.3 Å². The lowest BCUT2D eigenvalue weighted by molar-refractivity contribution is 0.00645. The first kappa shape index (κ1) is 16.2. The first-order valence-corrected chi connectivity index (χ1v) is 8.24. The topological polar surface area (TPSA) is 47.6 Å². The molecule has 0 bridgehead atoms. The highest BCUT2D eigenvalue weighted by molar-refractivity contribution is 5.90. The van der Waals surface area contributed by atoms with Gasteiger partial charge in [0.1, 0.15) is 17.2 Å². The van der Waals surface area contributed by atoms with Crippen LogP contribution in [0.25, 0.3) is 0 Å². The van der Waals surface area contributed by atoms with E-state index in [0.29, 0.717) is 24.2 Å². The minimum absolute atomic E-state index is 0.000476. The van der Waals surface area contributed by atoms with Crippen molar-refractivity contribution in [1.29, 1.82) is 0 Å². The largest absolute Gasteiger partial charge is 0.493 e. The first-order chi connectivity index (χ1) is 10.8. The Bertz CT molecular complexity index is 601. The fourth-order valence-electron chi connectivity index (χ4n) is 2.57. The molecule has 1 aliphatic heterocycles. The molecule has 0 radical (unpaired) electrons. The summed E-state index contributed by atoms with van der Waals surface area (Å²) < 4.78 is 25.5. The number of benzene rings is 1. The SMILES string of the molecule is CC(C)(C)OC(=O)c1cc(C2CC2)c(OCC2CNC2)cc1F. The highest BCUT2D eigenvalue weighted by atomic mass is 19.1. The van der Waals surface area contributed by atoms with E-state index in [9.17, 15) is 9.18 Å². The number of carbonyl (C=O) groups excluding carboxylic acids is 1. The fraction of sp³-hybridized carbons (Fsp3) is 0.611. The van der Waals surface area contributed by atoms with Gasteiger partial charge in [0.05, 0.1) is 12.2 Å². The number of esters is 1. The van der Waals surface area contributed by atoms with E-state index in [2.05, 4.69) is 5.32 Å². The van der Waals surface area contributed by atoms with Crippen molar-refractivity contribution in [1.82, 2.24) is 5.32 Å². The minimum Gasteiger partial charge on any atom is -0.493 e. The molecule has 0 atom stereocenters. The standard InChI is InChI=1S/C18H24FNO3/c1-18(2,3)23-17(21)14-6-13(12-4-5-12)16(7-15(14)19)22-10-11-8-20-9-11/h6-7,11-12,20H,4-5,8-10H2,1-3H3. The summed E-state index contributed by atoms with van der Waals surface area (Å²) in [4.78, 5) is 12.2. The maximum atomic E-state index is 14.4. The zero-order valence-corrected chi connectivity index (χ0v) is 13.9. The average molecular weight is 321 g/mol. The van der Waals surface area contributed by atoms with Crippen molar-refractivity contribution in [2.75, 3.05) is 19.7 Å². The molecule has 2 aliphatic rings. The van der Waals surface area contributed by atoms with Gasteiger partial charge in [-0.05, 0) is 51.2 Å². The number of rotatable bonds is 5. The molecule has 0 aromatic heterocycles. The smallest absolute Gasteiger partial charge is 0.341 e. The van der Waals surface area contributed by atoms with E-state index in [-0.39, 0.29) is 5.56 Å². The molecular formula is C18H24FNO3. The van der Waals surface area contributed by atoms with Crippen LogP contribution in [0.15, 0.2) is 12.1 Å². The van der Waals surface area contributed by atoms with Crippen LogP contribution in [0.5, 0.6) is 5.75 Å². The van der Waals surface area contributed by atoms with Crippen molar-refractivity contribution in [3.8, 4) is 5.75 Å². The molecule has 0 unspecified atom stereocenters. The lowest BCUT2D eigenvalue weighted by Gasteiger charge is -2.27. The van der Waals surface area contributed by atoms with Crippen LogP contribution in [0, 0.1) is 11.7 Å². The Kier molecular flexibility index (Phi) is 4.32. The molecular weight excluding hydrogens is 297 g/mol. The van der Waals surface area contributed by atoms with E-state index >= 15 is 0 Å². The minimum atomic E-state index is -0.643. The van der Waals surface area contributed by atoms with Crippen LogP contribution in [0.2, 0.25) is 0 Å². The number of ether oxygens (including phenoxy) is 2. The Morgan fingerprint density at radius 2 is 2.00 bits per heavy atom. The third-order valence-electron chi connectivity index (χ3n) is 4.08. The predicted molar refractivity (Wildman–Crippen MR) is 85.4 cm³/mol. The molecule has 5 heteroatoms. The van der Waals surface area contributed by atoms with Crippen LogP contribution in [0.4, 0.5) is 4.39 Å². The zero-order chi connectivity index (χ0) is 16.6. The molecule has 0 spiro atoms. The van der Waals surface area contributed by atoms with E-state index in [1.54, 1.807) is 26.8 Å². The lowest BCUT2D eigenvalue weighted by atomic mass is 10.0. The van der Waals surface area contributed by atoms with Gasteiger partial charge in [-0.3, -0.25) is 0 Å². The maximum absolute atomic E-state index is 14.4. The second kappa shape index (κ2) is 6.11. The molecule has 1 saturated heterocycles. The normalized spacial score (nSPS) is 18.4. The third-order valence-corrected chi connectivity index (χ3v) is 4.08. The lowest BCUT2D eigenvalue weighted by Crippen LogP contribution is -2.45. The highest BCUT2D eigenvalue weighted by Gasteiger charge is 2.31. The molecule has 4 nitrogen and oxygen atoms in total. The van der Waals surface area contributed by atoms with E-state index in [0.717, 1.165) is 31.5 Å². The van der Waals surface area contributed by atoms with Crippen molar-refractivity contribution in [3.05, 3.63) is 29.1 Å². The molecule has 3 rings (SSSR count). The summed E-state index contributed by atoms with van der Waals surface area (Å²) in [7, 11) is 0. The maximum Gasteiger partial charge on any atom is 0.341 e. The predicted octanol–water partition coefficient (Wildman–Crippen LogP) is 3.26. The second-order valence-corrected chi connectivity index (χ2v) is 7.48. The molecule has 1 saturated carbocycles. The summed E-state index contributed by atoms with van der Waals surface area (Å²) in [6.45, 7) is 7.78. The van der Waals surface area contributed by atoms with E-state index in [1.807, 2.05) is 0 Å². The van der Waals surface area contributed by atoms with Crippen molar-refractivity contribution in [3.63, 3.8) is 0 Å². The Morgan fingerprint density at radius 3 is 2.52 bits per heavy atom. The Balaban J connectivity index is 1.81. The van der Waals surface area contributed by atoms with Gasteiger partial charge < -0.3 is 14.8 Å². The van der Waals surface area contributed by atoms with Crippen molar-refractivity contribution in [2.24, 2.45) is 5.92 Å². The molecule has 126 valence electrons. The molecule has 1 heterocycles. The Morgan fingerprint density at radius 1 is 1.30 bits per heavy atom. The van der Waals surface area contributed by atoms with Crippen LogP contribution in [0.1, 0.15) is 55.5 Å². The van der Waals surface area contributed by atoms with E-state index in [1.165, 1.54) is 6.07 Å². The summed E-state index contributed by atoms with van der Waals surface area (Å²) in [6.07, 6.45) is 2.11. The van der Waals surface area contributed by atoms with Gasteiger partial charge in [-0.1, -0.05) is 0 Å². The molecule has 1 aromatic carbocycles. The Hall–Kier alpha value is -1.62. The van der Waals surface area contributed by atoms with Crippen LogP contribution in [-0.2, 0) is 4.74 Å². The van der Waals surface area contributed by atoms with E-state index < -0.39 is 17.4 Å². The van der Waals surface area contributed by atoms with Gasteiger partial charge in [-0.15, -0.1) is 0 Å².